The van der Waals surface area contributed by atoms with Crippen LogP contribution in [0.25, 0.3) is 0 Å². The van der Waals surface area contributed by atoms with Crippen LogP contribution in [0.3, 0.4) is 0 Å². The summed E-state index contributed by atoms with van der Waals surface area (Å²) in [7, 11) is 1.18. The standard InChI is InChI=1S/C12H18N4O6/c1-22-8(17)6-7(13)16-9(18)12(14-10(16)19)2-4-15(5-3-12)11(20)21/h7H,2-6,13H2,1H3,(H,14,19)(H,20,21). The largest absolute Gasteiger partial charge is 0.469 e. The number of nitrogens with zero attached hydrogens (tertiary/aromatic N) is 2. The highest BCUT2D eigenvalue weighted by molar-refractivity contribution is 6.07. The van der Waals surface area contributed by atoms with E-state index in [0.717, 1.165) is 4.90 Å². The molecule has 0 radical (unpaired) electrons. The highest BCUT2D eigenvalue weighted by atomic mass is 16.5. The van der Waals surface area contributed by atoms with Gasteiger partial charge in [0.1, 0.15) is 5.54 Å². The van der Waals surface area contributed by atoms with Crippen molar-refractivity contribution in [3.05, 3.63) is 0 Å². The van der Waals surface area contributed by atoms with Crippen LogP contribution >= 0.6 is 0 Å². The SMILES string of the molecule is COC(=O)CC(N)N1C(=O)NC2(CCN(C(=O)O)CC2)C1=O. The maximum absolute atomic E-state index is 12.5. The van der Waals surface area contributed by atoms with Crippen molar-refractivity contribution in [2.45, 2.75) is 31.0 Å². The summed E-state index contributed by atoms with van der Waals surface area (Å²) in [6.45, 7) is 0.281. The molecule has 22 heavy (non-hydrogen) atoms. The van der Waals surface area contributed by atoms with Crippen LogP contribution in [0.1, 0.15) is 19.3 Å². The fraction of sp³-hybridized carbons (Fsp3) is 0.667. The van der Waals surface area contributed by atoms with Gasteiger partial charge in [-0.05, 0) is 12.8 Å². The van der Waals surface area contributed by atoms with Gasteiger partial charge in [-0.2, -0.15) is 0 Å². The van der Waals surface area contributed by atoms with Crippen LogP contribution in [-0.4, -0.2) is 70.8 Å². The Kier molecular flexibility index (Phi) is 4.22. The van der Waals surface area contributed by atoms with Gasteiger partial charge < -0.3 is 25.8 Å². The van der Waals surface area contributed by atoms with Crippen molar-refractivity contribution >= 4 is 24.0 Å². The number of hydrogen-bond acceptors (Lipinski definition) is 6. The minimum absolute atomic E-state index is 0.140. The number of hydrogen-bond donors (Lipinski definition) is 3. The summed E-state index contributed by atoms with van der Waals surface area (Å²) in [5.41, 5.74) is 4.60. The van der Waals surface area contributed by atoms with Gasteiger partial charge in [-0.3, -0.25) is 9.59 Å². The summed E-state index contributed by atoms with van der Waals surface area (Å²) in [4.78, 5) is 48.7. The molecule has 1 unspecified atom stereocenters. The summed E-state index contributed by atoms with van der Waals surface area (Å²) in [5.74, 6) is -1.16. The lowest BCUT2D eigenvalue weighted by atomic mass is 9.87. The zero-order valence-corrected chi connectivity index (χ0v) is 12.1. The van der Waals surface area contributed by atoms with Crippen molar-refractivity contribution < 1.29 is 29.0 Å². The Morgan fingerprint density at radius 2 is 2.00 bits per heavy atom. The molecular weight excluding hydrogens is 296 g/mol. The monoisotopic (exact) mass is 314 g/mol. The average Bonchev–Trinajstić information content (AvgIpc) is 2.70. The van der Waals surface area contributed by atoms with E-state index < -0.39 is 35.7 Å². The first kappa shape index (κ1) is 16.0. The zero-order valence-electron chi connectivity index (χ0n) is 12.1. The molecule has 0 aliphatic carbocycles. The Balaban J connectivity index is 2.09. The molecule has 2 aliphatic heterocycles. The highest BCUT2D eigenvalue weighted by Gasteiger charge is 2.54. The molecule has 4 amide bonds. The van der Waals surface area contributed by atoms with Crippen molar-refractivity contribution in [1.82, 2.24) is 15.1 Å². The van der Waals surface area contributed by atoms with Crippen molar-refractivity contribution in [2.75, 3.05) is 20.2 Å². The fourth-order valence-electron chi connectivity index (χ4n) is 2.71. The van der Waals surface area contributed by atoms with E-state index in [1.54, 1.807) is 0 Å². The van der Waals surface area contributed by atoms with Gasteiger partial charge in [-0.25, -0.2) is 14.5 Å². The Morgan fingerprint density at radius 3 is 2.50 bits per heavy atom. The van der Waals surface area contributed by atoms with E-state index in [1.807, 2.05) is 0 Å². The number of carboxylic acid groups (broad SMARTS) is 1. The number of nitrogens with two attached hydrogens (primary N) is 1. The Bertz CT molecular complexity index is 514. The van der Waals surface area contributed by atoms with Crippen LogP contribution in [0.15, 0.2) is 0 Å². The molecule has 1 atom stereocenters. The topological polar surface area (TPSA) is 142 Å². The van der Waals surface area contributed by atoms with Gasteiger partial charge in [-0.15, -0.1) is 0 Å². The van der Waals surface area contributed by atoms with Gasteiger partial charge in [0, 0.05) is 13.1 Å². The predicted molar refractivity (Wildman–Crippen MR) is 71.5 cm³/mol. The van der Waals surface area contributed by atoms with Gasteiger partial charge in [0.25, 0.3) is 5.91 Å². The van der Waals surface area contributed by atoms with Crippen LogP contribution in [0.5, 0.6) is 0 Å². The van der Waals surface area contributed by atoms with Crippen molar-refractivity contribution in [3.8, 4) is 0 Å². The number of likely N-dealkylation sites (tertiary alicyclic amines) is 1. The van der Waals surface area contributed by atoms with Crippen LogP contribution in [-0.2, 0) is 14.3 Å². The molecule has 0 aromatic heterocycles. The number of imide groups is 1. The van der Waals surface area contributed by atoms with E-state index in [9.17, 15) is 19.2 Å². The number of carbonyl (C=O) groups is 4. The smallest absolute Gasteiger partial charge is 0.407 e. The third-order valence-corrected chi connectivity index (χ3v) is 4.02. The summed E-state index contributed by atoms with van der Waals surface area (Å²) >= 11 is 0. The average molecular weight is 314 g/mol. The quantitative estimate of drug-likeness (QED) is 0.443. The molecule has 2 fully saturated rings. The number of urea groups is 1. The number of methoxy groups -OCH3 is 1. The molecule has 0 bridgehead atoms. The first-order chi connectivity index (χ1) is 10.3. The van der Waals surface area contributed by atoms with Gasteiger partial charge >= 0.3 is 18.1 Å². The Hall–Kier alpha value is -2.36. The van der Waals surface area contributed by atoms with E-state index in [0.29, 0.717) is 0 Å². The maximum Gasteiger partial charge on any atom is 0.407 e. The number of rotatable bonds is 3. The molecule has 0 saturated carbocycles. The lowest BCUT2D eigenvalue weighted by Gasteiger charge is -2.36. The van der Waals surface area contributed by atoms with Crippen molar-refractivity contribution in [1.29, 1.82) is 0 Å². The summed E-state index contributed by atoms with van der Waals surface area (Å²) in [6, 6.07) is -0.676. The van der Waals surface area contributed by atoms with E-state index >= 15 is 0 Å². The van der Waals surface area contributed by atoms with Crippen LogP contribution in [0.2, 0.25) is 0 Å². The molecule has 10 heteroatoms. The molecule has 1 spiro atoms. The molecule has 10 nitrogen and oxygen atoms in total. The second-order valence-electron chi connectivity index (χ2n) is 5.30. The molecule has 122 valence electrons. The number of piperidine rings is 1. The molecule has 2 heterocycles. The molecule has 4 N–H and O–H groups in total. The second-order valence-corrected chi connectivity index (χ2v) is 5.30. The van der Waals surface area contributed by atoms with Gasteiger partial charge in [0.2, 0.25) is 0 Å². The number of amides is 4. The number of carbonyl (C=O) groups excluding carboxylic acids is 3. The van der Waals surface area contributed by atoms with Crippen molar-refractivity contribution in [2.24, 2.45) is 5.73 Å². The zero-order chi connectivity index (χ0) is 16.5. The van der Waals surface area contributed by atoms with E-state index in [-0.39, 0.29) is 32.4 Å². The third-order valence-electron chi connectivity index (χ3n) is 4.02. The molecule has 2 aliphatic rings. The molecular formula is C12H18N4O6. The summed E-state index contributed by atoms with van der Waals surface area (Å²) in [5, 5.41) is 11.5. The highest BCUT2D eigenvalue weighted by Crippen LogP contribution is 2.30. The number of nitrogens with one attached hydrogen (secondary N) is 1. The maximum atomic E-state index is 12.5. The molecule has 0 aromatic rings. The fourth-order valence-corrected chi connectivity index (χ4v) is 2.71. The Labute approximate surface area is 126 Å². The minimum atomic E-state index is -1.14. The molecule has 2 rings (SSSR count). The third kappa shape index (κ3) is 2.69. The second kappa shape index (κ2) is 5.79. The van der Waals surface area contributed by atoms with E-state index in [4.69, 9.17) is 10.8 Å². The number of ether oxygens (including phenoxy) is 1. The van der Waals surface area contributed by atoms with E-state index in [2.05, 4.69) is 10.1 Å². The van der Waals surface area contributed by atoms with Crippen LogP contribution in [0.4, 0.5) is 9.59 Å². The van der Waals surface area contributed by atoms with Crippen molar-refractivity contribution in [3.63, 3.8) is 0 Å². The van der Waals surface area contributed by atoms with Gasteiger partial charge in [0.05, 0.1) is 19.7 Å². The summed E-state index contributed by atoms with van der Waals surface area (Å²) < 4.78 is 4.47. The predicted octanol–water partition coefficient (Wildman–Crippen LogP) is -1.10. The van der Waals surface area contributed by atoms with Crippen LogP contribution in [0, 0.1) is 0 Å². The number of esters is 1. The summed E-state index contributed by atoms with van der Waals surface area (Å²) in [6.07, 6.45) is -2.13. The first-order valence-electron chi connectivity index (χ1n) is 6.77. The minimum Gasteiger partial charge on any atom is -0.469 e. The lowest BCUT2D eigenvalue weighted by molar-refractivity contribution is -0.143. The normalized spacial score (nSPS) is 21.7. The van der Waals surface area contributed by atoms with Crippen LogP contribution < -0.4 is 11.1 Å². The Morgan fingerprint density at radius 1 is 1.41 bits per heavy atom. The van der Waals surface area contributed by atoms with Gasteiger partial charge in [0.15, 0.2) is 0 Å². The molecule has 2 saturated heterocycles. The lowest BCUT2D eigenvalue weighted by Crippen LogP contribution is -2.56. The molecule has 0 aromatic carbocycles. The van der Waals surface area contributed by atoms with E-state index in [1.165, 1.54) is 12.0 Å². The first-order valence-corrected chi connectivity index (χ1v) is 6.77. The van der Waals surface area contributed by atoms with Gasteiger partial charge in [-0.1, -0.05) is 0 Å².